The van der Waals surface area contributed by atoms with Crippen molar-refractivity contribution in [2.75, 3.05) is 13.1 Å². The Labute approximate surface area is 210 Å². The molecular formula is C27H37N4O3P. The molecule has 188 valence electrons. The minimum atomic E-state index is -0.482. The largest absolute Gasteiger partial charge is 0.365 e. The van der Waals surface area contributed by atoms with Crippen molar-refractivity contribution < 1.29 is 14.4 Å². The number of nitrogens with one attached hydrogen (secondary N) is 1. The Balaban J connectivity index is 1.48. The van der Waals surface area contributed by atoms with Gasteiger partial charge in [-0.3, -0.25) is 9.46 Å². The van der Waals surface area contributed by atoms with E-state index < -0.39 is 12.0 Å². The molecule has 0 spiro atoms. The SMILES string of the molecule is CCC/C(=N/OC(=O)c1ccccc1)c1ccc(CNC(=O)C(N)CCC2CCN(P)CC2)cc1. The van der Waals surface area contributed by atoms with Gasteiger partial charge >= 0.3 is 5.97 Å². The number of nitrogens with two attached hydrogens (primary N) is 1. The average Bonchev–Trinajstić information content (AvgIpc) is 2.89. The summed E-state index contributed by atoms with van der Waals surface area (Å²) in [6.45, 7) is 4.65. The minimum absolute atomic E-state index is 0.112. The fourth-order valence-corrected chi connectivity index (χ4v) is 4.42. The molecule has 8 heteroatoms. The summed E-state index contributed by atoms with van der Waals surface area (Å²) in [4.78, 5) is 29.8. The topological polar surface area (TPSA) is 97.0 Å². The van der Waals surface area contributed by atoms with Gasteiger partial charge in [0.05, 0.1) is 17.3 Å². The molecular weight excluding hydrogens is 459 g/mol. The monoisotopic (exact) mass is 496 g/mol. The predicted octanol–water partition coefficient (Wildman–Crippen LogP) is 4.27. The number of carbonyl (C=O) groups is 2. The van der Waals surface area contributed by atoms with E-state index in [4.69, 9.17) is 10.6 Å². The molecule has 1 fully saturated rings. The van der Waals surface area contributed by atoms with E-state index in [-0.39, 0.29) is 5.91 Å². The highest BCUT2D eigenvalue weighted by molar-refractivity contribution is 7.13. The van der Waals surface area contributed by atoms with E-state index in [1.54, 1.807) is 24.3 Å². The van der Waals surface area contributed by atoms with Gasteiger partial charge in [-0.25, -0.2) is 4.79 Å². The molecule has 0 aromatic heterocycles. The second-order valence-corrected chi connectivity index (χ2v) is 9.84. The first-order chi connectivity index (χ1) is 17.0. The third-order valence-corrected chi connectivity index (χ3v) is 6.88. The first-order valence-corrected chi connectivity index (χ1v) is 12.9. The fourth-order valence-electron chi connectivity index (χ4n) is 4.13. The maximum atomic E-state index is 12.5. The molecule has 1 aliphatic heterocycles. The molecule has 0 saturated carbocycles. The Morgan fingerprint density at radius 3 is 2.46 bits per heavy atom. The fraction of sp³-hybridized carbons (Fsp3) is 0.444. The lowest BCUT2D eigenvalue weighted by atomic mass is 9.91. The highest BCUT2D eigenvalue weighted by Gasteiger charge is 2.20. The number of hydrogen-bond donors (Lipinski definition) is 2. The highest BCUT2D eigenvalue weighted by Crippen LogP contribution is 2.24. The molecule has 35 heavy (non-hydrogen) atoms. The molecule has 1 aliphatic rings. The number of oxime groups is 1. The van der Waals surface area contributed by atoms with Crippen LogP contribution in [-0.4, -0.2) is 41.4 Å². The minimum Gasteiger partial charge on any atom is -0.351 e. The zero-order chi connectivity index (χ0) is 25.0. The normalized spacial score (nSPS) is 16.0. The van der Waals surface area contributed by atoms with E-state index in [1.807, 2.05) is 37.3 Å². The van der Waals surface area contributed by atoms with Crippen molar-refractivity contribution in [3.05, 3.63) is 71.3 Å². The zero-order valence-corrected chi connectivity index (χ0v) is 21.6. The summed E-state index contributed by atoms with van der Waals surface area (Å²) in [6, 6.07) is 16.1. The van der Waals surface area contributed by atoms with Crippen molar-refractivity contribution in [1.82, 2.24) is 9.99 Å². The van der Waals surface area contributed by atoms with Crippen LogP contribution < -0.4 is 11.1 Å². The van der Waals surface area contributed by atoms with Crippen LogP contribution in [0.4, 0.5) is 0 Å². The van der Waals surface area contributed by atoms with Crippen LogP contribution >= 0.6 is 9.39 Å². The Morgan fingerprint density at radius 2 is 1.80 bits per heavy atom. The van der Waals surface area contributed by atoms with E-state index >= 15 is 0 Å². The van der Waals surface area contributed by atoms with Crippen molar-refractivity contribution in [3.63, 3.8) is 0 Å². The van der Waals surface area contributed by atoms with E-state index in [2.05, 4.69) is 24.5 Å². The quantitative estimate of drug-likeness (QED) is 0.210. The molecule has 0 aliphatic carbocycles. The molecule has 2 aromatic rings. The number of nitrogens with zero attached hydrogens (tertiary/aromatic N) is 2. The molecule has 2 unspecified atom stereocenters. The summed E-state index contributed by atoms with van der Waals surface area (Å²) in [7, 11) is 2.76. The lowest BCUT2D eigenvalue weighted by molar-refractivity contribution is -0.122. The summed E-state index contributed by atoms with van der Waals surface area (Å²) in [5.74, 6) is 0.0625. The standard InChI is InChI=1S/C27H37N4O3P/c1-2-6-25(30-34-27(33)23-7-4-3-5-8-23)22-12-9-21(10-13-22)19-29-26(32)24(28)14-11-20-15-17-31(35)18-16-20/h3-5,7-10,12-13,20,24H,2,6,11,14-19,28,35H2,1H3,(H,29,32)/b30-25-. The van der Waals surface area contributed by atoms with E-state index in [0.29, 0.717) is 36.6 Å². The van der Waals surface area contributed by atoms with Gasteiger partial charge in [-0.2, -0.15) is 0 Å². The Kier molecular flexibility index (Phi) is 10.9. The molecule has 2 aromatic carbocycles. The van der Waals surface area contributed by atoms with Gasteiger partial charge in [-0.15, -0.1) is 0 Å². The van der Waals surface area contributed by atoms with Crippen LogP contribution in [0.3, 0.4) is 0 Å². The Morgan fingerprint density at radius 1 is 1.11 bits per heavy atom. The van der Waals surface area contributed by atoms with E-state index in [9.17, 15) is 9.59 Å². The predicted molar refractivity (Wildman–Crippen MR) is 143 cm³/mol. The van der Waals surface area contributed by atoms with Gasteiger partial charge in [0.15, 0.2) is 0 Å². The lowest BCUT2D eigenvalue weighted by Crippen LogP contribution is -2.40. The summed E-state index contributed by atoms with van der Waals surface area (Å²) < 4.78 is 2.27. The number of hydrogen-bond acceptors (Lipinski definition) is 6. The number of rotatable bonds is 11. The van der Waals surface area contributed by atoms with Crippen molar-refractivity contribution >= 4 is 27.0 Å². The van der Waals surface area contributed by atoms with Gasteiger partial charge in [0, 0.05) is 19.6 Å². The van der Waals surface area contributed by atoms with E-state index in [0.717, 1.165) is 37.1 Å². The average molecular weight is 497 g/mol. The van der Waals surface area contributed by atoms with Crippen LogP contribution in [0.1, 0.15) is 66.9 Å². The van der Waals surface area contributed by atoms with Crippen LogP contribution in [0.15, 0.2) is 59.8 Å². The Bertz CT molecular complexity index is 974. The van der Waals surface area contributed by atoms with Gasteiger partial charge in [-0.05, 0) is 61.3 Å². The first kappa shape index (κ1) is 27.0. The summed E-state index contributed by atoms with van der Waals surface area (Å²) in [5.41, 5.74) is 9.17. The van der Waals surface area contributed by atoms with Crippen LogP contribution in [0, 0.1) is 5.92 Å². The van der Waals surface area contributed by atoms with Gasteiger partial charge in [-0.1, -0.05) is 70.4 Å². The Hall–Kier alpha value is -2.60. The number of carbonyl (C=O) groups excluding carboxylic acids is 2. The van der Waals surface area contributed by atoms with Crippen molar-refractivity contribution in [1.29, 1.82) is 0 Å². The van der Waals surface area contributed by atoms with Gasteiger partial charge in [0.1, 0.15) is 0 Å². The second-order valence-electron chi connectivity index (χ2n) is 9.11. The maximum Gasteiger partial charge on any atom is 0.365 e. The second kappa shape index (κ2) is 14.1. The van der Waals surface area contributed by atoms with Crippen LogP contribution in [0.2, 0.25) is 0 Å². The first-order valence-electron chi connectivity index (χ1n) is 12.4. The smallest absolute Gasteiger partial charge is 0.351 e. The molecule has 1 heterocycles. The number of amides is 1. The van der Waals surface area contributed by atoms with Crippen LogP contribution in [0.25, 0.3) is 0 Å². The van der Waals surface area contributed by atoms with Gasteiger partial charge < -0.3 is 15.9 Å². The van der Waals surface area contributed by atoms with E-state index in [1.165, 1.54) is 12.8 Å². The van der Waals surface area contributed by atoms with Crippen LogP contribution in [0.5, 0.6) is 0 Å². The van der Waals surface area contributed by atoms with Crippen LogP contribution in [-0.2, 0) is 16.2 Å². The molecule has 1 saturated heterocycles. The summed E-state index contributed by atoms with van der Waals surface area (Å²) in [6.07, 6.45) is 5.59. The third-order valence-electron chi connectivity index (χ3n) is 6.36. The molecule has 1 amide bonds. The number of benzene rings is 2. The highest BCUT2D eigenvalue weighted by atomic mass is 31.0. The maximum absolute atomic E-state index is 12.5. The third kappa shape index (κ3) is 8.84. The molecule has 7 nitrogen and oxygen atoms in total. The zero-order valence-electron chi connectivity index (χ0n) is 20.5. The van der Waals surface area contributed by atoms with Gasteiger partial charge in [0.25, 0.3) is 0 Å². The lowest BCUT2D eigenvalue weighted by Gasteiger charge is -2.29. The molecule has 3 N–H and O–H groups in total. The molecule has 3 rings (SSSR count). The molecule has 0 bridgehead atoms. The molecule has 2 atom stereocenters. The molecule has 0 radical (unpaired) electrons. The van der Waals surface area contributed by atoms with Crippen molar-refractivity contribution in [2.45, 2.75) is 58.0 Å². The number of piperidine rings is 1. The van der Waals surface area contributed by atoms with Crippen molar-refractivity contribution in [3.8, 4) is 0 Å². The van der Waals surface area contributed by atoms with Crippen molar-refractivity contribution in [2.24, 2.45) is 16.8 Å². The summed E-state index contributed by atoms with van der Waals surface area (Å²) in [5, 5.41) is 7.08. The summed E-state index contributed by atoms with van der Waals surface area (Å²) >= 11 is 0. The van der Waals surface area contributed by atoms with Gasteiger partial charge in [0.2, 0.25) is 5.91 Å².